The molecule has 20 heavy (non-hydrogen) atoms. The molecule has 0 atom stereocenters. The van der Waals surface area contributed by atoms with Gasteiger partial charge in [-0.1, -0.05) is 47.6 Å². The Balaban J connectivity index is 2.39. The molecule has 1 aromatic heterocycles. The lowest BCUT2D eigenvalue weighted by atomic mass is 10.2. The molecule has 0 aliphatic heterocycles. The van der Waals surface area contributed by atoms with Gasteiger partial charge in [0.15, 0.2) is 0 Å². The van der Waals surface area contributed by atoms with Gasteiger partial charge < -0.3 is 0 Å². The molecule has 0 saturated carbocycles. The van der Waals surface area contributed by atoms with Gasteiger partial charge in [0, 0.05) is 10.4 Å². The van der Waals surface area contributed by atoms with Crippen LogP contribution in [0.15, 0.2) is 42.5 Å². The fraction of sp³-hybridized carbons (Fsp3) is 0. The molecule has 0 N–H and O–H groups in total. The Hall–Kier alpha value is -1.13. The summed E-state index contributed by atoms with van der Waals surface area (Å²) in [6.45, 7) is 0. The van der Waals surface area contributed by atoms with Crippen molar-refractivity contribution in [3.05, 3.63) is 62.4 Å². The minimum absolute atomic E-state index is 0.262. The summed E-state index contributed by atoms with van der Waals surface area (Å²) in [5, 5.41) is 2.12. The van der Waals surface area contributed by atoms with Crippen molar-refractivity contribution in [2.75, 3.05) is 0 Å². The Morgan fingerprint density at radius 3 is 2.50 bits per heavy atom. The second-order valence-corrected chi connectivity index (χ2v) is 5.70. The first-order valence-corrected chi connectivity index (χ1v) is 7.25. The van der Waals surface area contributed by atoms with E-state index in [1.807, 2.05) is 24.3 Å². The number of halogens is 3. The molecule has 0 bridgehead atoms. The van der Waals surface area contributed by atoms with Crippen LogP contribution in [0.1, 0.15) is 0 Å². The molecular weight excluding hydrogens is 335 g/mol. The smallest absolute Gasteiger partial charge is 0.209 e. The maximum Gasteiger partial charge on any atom is 0.209 e. The quantitative estimate of drug-likeness (QED) is 0.416. The molecule has 1 heterocycles. The van der Waals surface area contributed by atoms with Gasteiger partial charge in [0.25, 0.3) is 0 Å². The fourth-order valence-electron chi connectivity index (χ4n) is 1.98. The van der Waals surface area contributed by atoms with Crippen molar-refractivity contribution in [3.8, 4) is 5.69 Å². The van der Waals surface area contributed by atoms with Gasteiger partial charge >= 0.3 is 0 Å². The SMILES string of the molecule is S=c1c2ccccc2nc(Cl)n1-c1ccc(Cl)cc1Cl. The summed E-state index contributed by atoms with van der Waals surface area (Å²) in [6.07, 6.45) is 0. The van der Waals surface area contributed by atoms with Crippen LogP contribution in [0.25, 0.3) is 16.6 Å². The number of benzene rings is 2. The molecule has 2 aromatic carbocycles. The maximum atomic E-state index is 6.25. The van der Waals surface area contributed by atoms with Crippen molar-refractivity contribution in [1.82, 2.24) is 9.55 Å². The van der Waals surface area contributed by atoms with Crippen LogP contribution in [0.2, 0.25) is 15.3 Å². The molecule has 0 aliphatic rings. The maximum absolute atomic E-state index is 6.25. The van der Waals surface area contributed by atoms with Crippen LogP contribution in [0.5, 0.6) is 0 Å². The van der Waals surface area contributed by atoms with Crippen LogP contribution in [0.4, 0.5) is 0 Å². The lowest BCUT2D eigenvalue weighted by molar-refractivity contribution is 0.993. The molecule has 3 rings (SSSR count). The second kappa shape index (κ2) is 5.34. The van der Waals surface area contributed by atoms with Crippen molar-refractivity contribution in [2.24, 2.45) is 0 Å². The first kappa shape index (κ1) is 13.8. The van der Waals surface area contributed by atoms with Gasteiger partial charge in [0.05, 0.1) is 16.2 Å². The van der Waals surface area contributed by atoms with E-state index in [2.05, 4.69) is 4.98 Å². The van der Waals surface area contributed by atoms with Crippen LogP contribution in [0, 0.1) is 4.64 Å². The van der Waals surface area contributed by atoms with Crippen molar-refractivity contribution in [2.45, 2.75) is 0 Å². The fourth-order valence-corrected chi connectivity index (χ4v) is 3.14. The van der Waals surface area contributed by atoms with E-state index in [0.717, 1.165) is 10.9 Å². The number of rotatable bonds is 1. The first-order valence-electron chi connectivity index (χ1n) is 5.70. The summed E-state index contributed by atoms with van der Waals surface area (Å²) in [4.78, 5) is 4.35. The van der Waals surface area contributed by atoms with Crippen LogP contribution in [-0.2, 0) is 0 Å². The van der Waals surface area contributed by atoms with Crippen molar-refractivity contribution in [3.63, 3.8) is 0 Å². The topological polar surface area (TPSA) is 17.8 Å². The average molecular weight is 342 g/mol. The Kier molecular flexibility index (Phi) is 3.69. The number of aromatic nitrogens is 2. The number of fused-ring (bicyclic) bond motifs is 1. The Morgan fingerprint density at radius 2 is 1.75 bits per heavy atom. The monoisotopic (exact) mass is 340 g/mol. The largest absolute Gasteiger partial charge is 0.273 e. The molecule has 100 valence electrons. The number of nitrogens with zero attached hydrogens (tertiary/aromatic N) is 2. The predicted molar refractivity (Wildman–Crippen MR) is 86.9 cm³/mol. The Bertz CT molecular complexity index is 874. The molecule has 2 nitrogen and oxygen atoms in total. The van der Waals surface area contributed by atoms with Crippen LogP contribution in [-0.4, -0.2) is 9.55 Å². The summed E-state index contributed by atoms with van der Waals surface area (Å²) in [5.74, 6) is 0. The lowest BCUT2D eigenvalue weighted by Crippen LogP contribution is -2.02. The van der Waals surface area contributed by atoms with Gasteiger partial charge in [-0.05, 0) is 41.9 Å². The standard InChI is InChI=1S/C14H7Cl3N2S/c15-8-5-6-12(10(16)7-8)19-13(20)9-3-1-2-4-11(9)18-14(19)17/h1-7H. The number of hydrogen-bond donors (Lipinski definition) is 0. The third kappa shape index (κ3) is 2.31. The van der Waals surface area contributed by atoms with E-state index in [1.165, 1.54) is 0 Å². The first-order chi connectivity index (χ1) is 9.58. The third-order valence-corrected chi connectivity index (χ3v) is 4.08. The molecule has 0 spiro atoms. The zero-order valence-corrected chi connectivity index (χ0v) is 13.1. The minimum atomic E-state index is 0.262. The average Bonchev–Trinajstić information content (AvgIpc) is 2.41. The van der Waals surface area contributed by atoms with Gasteiger partial charge in [0.2, 0.25) is 5.28 Å². The molecule has 0 unspecified atom stereocenters. The highest BCUT2D eigenvalue weighted by atomic mass is 35.5. The molecule has 0 aliphatic carbocycles. The summed E-state index contributed by atoms with van der Waals surface area (Å²) in [5.41, 5.74) is 1.41. The number of hydrogen-bond acceptors (Lipinski definition) is 2. The van der Waals surface area contributed by atoms with E-state index < -0.39 is 0 Å². The van der Waals surface area contributed by atoms with Crippen LogP contribution >= 0.6 is 47.0 Å². The molecule has 0 saturated heterocycles. The van der Waals surface area contributed by atoms with Gasteiger partial charge in [-0.15, -0.1) is 0 Å². The highest BCUT2D eigenvalue weighted by Gasteiger charge is 2.11. The molecule has 3 aromatic rings. The van der Waals surface area contributed by atoms with Crippen molar-refractivity contribution >= 4 is 57.9 Å². The minimum Gasteiger partial charge on any atom is -0.273 e. The highest BCUT2D eigenvalue weighted by Crippen LogP contribution is 2.28. The van der Waals surface area contributed by atoms with E-state index >= 15 is 0 Å². The molecule has 0 radical (unpaired) electrons. The zero-order valence-electron chi connectivity index (χ0n) is 9.98. The Morgan fingerprint density at radius 1 is 1.00 bits per heavy atom. The van der Waals surface area contributed by atoms with Crippen LogP contribution < -0.4 is 0 Å². The van der Waals surface area contributed by atoms with E-state index in [-0.39, 0.29) is 5.28 Å². The van der Waals surface area contributed by atoms with E-state index in [0.29, 0.717) is 20.4 Å². The van der Waals surface area contributed by atoms with E-state index in [1.54, 1.807) is 22.8 Å². The van der Waals surface area contributed by atoms with Gasteiger partial charge in [0.1, 0.15) is 4.64 Å². The summed E-state index contributed by atoms with van der Waals surface area (Å²) in [6, 6.07) is 12.7. The summed E-state index contributed by atoms with van der Waals surface area (Å²) in [7, 11) is 0. The number of para-hydroxylation sites is 1. The van der Waals surface area contributed by atoms with Crippen LogP contribution in [0.3, 0.4) is 0 Å². The third-order valence-electron chi connectivity index (χ3n) is 2.89. The molecule has 0 fully saturated rings. The molecule has 0 amide bonds. The Labute approximate surface area is 135 Å². The van der Waals surface area contributed by atoms with Crippen molar-refractivity contribution in [1.29, 1.82) is 0 Å². The predicted octanol–water partition coefficient (Wildman–Crippen LogP) is 5.72. The van der Waals surface area contributed by atoms with Crippen molar-refractivity contribution < 1.29 is 0 Å². The highest BCUT2D eigenvalue weighted by molar-refractivity contribution is 7.71. The van der Waals surface area contributed by atoms with E-state index in [4.69, 9.17) is 47.0 Å². The summed E-state index contributed by atoms with van der Waals surface area (Å²) < 4.78 is 2.20. The normalized spacial score (nSPS) is 10.9. The van der Waals surface area contributed by atoms with Gasteiger partial charge in [-0.25, -0.2) is 4.98 Å². The lowest BCUT2D eigenvalue weighted by Gasteiger charge is -2.12. The molecule has 6 heteroatoms. The van der Waals surface area contributed by atoms with E-state index in [9.17, 15) is 0 Å². The van der Waals surface area contributed by atoms with Gasteiger partial charge in [-0.3, -0.25) is 4.57 Å². The summed E-state index contributed by atoms with van der Waals surface area (Å²) >= 11 is 23.9. The van der Waals surface area contributed by atoms with Gasteiger partial charge in [-0.2, -0.15) is 0 Å². The molecular formula is C14H7Cl3N2S. The zero-order chi connectivity index (χ0) is 14.3. The second-order valence-electron chi connectivity index (χ2n) is 4.13.